The fourth-order valence-electron chi connectivity index (χ4n) is 6.50. The fraction of sp³-hybridized carbons (Fsp3) is 0.708. The van der Waals surface area contributed by atoms with E-state index in [0.717, 1.165) is 55.7 Å². The topological polar surface area (TPSA) is 65.7 Å². The first-order chi connectivity index (χ1) is 14.1. The van der Waals surface area contributed by atoms with E-state index in [1.165, 1.54) is 32.1 Å². The van der Waals surface area contributed by atoms with Gasteiger partial charge in [0.05, 0.1) is 0 Å². The first-order valence-electron chi connectivity index (χ1n) is 11.8. The Morgan fingerprint density at radius 1 is 0.897 bits per heavy atom. The van der Waals surface area contributed by atoms with Gasteiger partial charge in [-0.15, -0.1) is 0 Å². The van der Waals surface area contributed by atoms with Crippen LogP contribution in [-0.4, -0.2) is 38.2 Å². The molecule has 5 nitrogen and oxygen atoms in total. The van der Waals surface area contributed by atoms with Crippen molar-refractivity contribution in [3.63, 3.8) is 0 Å². The molecule has 2 fully saturated rings. The molecule has 2 heterocycles. The number of hydrogen-bond acceptors (Lipinski definition) is 3. The Kier molecular flexibility index (Phi) is 5.09. The second-order valence-electron chi connectivity index (χ2n) is 9.60. The minimum atomic E-state index is 0.240. The van der Waals surface area contributed by atoms with Crippen molar-refractivity contribution in [3.8, 4) is 11.8 Å². The van der Waals surface area contributed by atoms with Gasteiger partial charge in [0.25, 0.3) is 0 Å². The third-order valence-corrected chi connectivity index (χ3v) is 7.98. The molecule has 4 unspecified atom stereocenters. The van der Waals surface area contributed by atoms with Gasteiger partial charge in [-0.3, -0.25) is 9.36 Å². The summed E-state index contributed by atoms with van der Waals surface area (Å²) in [5.41, 5.74) is 1.88. The van der Waals surface area contributed by atoms with E-state index in [9.17, 15) is 15.0 Å². The fourth-order valence-corrected chi connectivity index (χ4v) is 6.50. The van der Waals surface area contributed by atoms with E-state index < -0.39 is 0 Å². The van der Waals surface area contributed by atoms with Gasteiger partial charge < -0.3 is 15.1 Å². The molecule has 29 heavy (non-hydrogen) atoms. The molecule has 2 N–H and O–H groups in total. The van der Waals surface area contributed by atoms with Crippen molar-refractivity contribution in [2.45, 2.75) is 95.1 Å². The van der Waals surface area contributed by atoms with Crippen LogP contribution >= 0.6 is 0 Å². The Hall–Kier alpha value is -1.91. The van der Waals surface area contributed by atoms with Crippen LogP contribution in [0.15, 0.2) is 12.2 Å². The van der Waals surface area contributed by atoms with Crippen LogP contribution in [0.25, 0.3) is 0 Å². The minimum absolute atomic E-state index is 0.240. The van der Waals surface area contributed by atoms with Gasteiger partial charge in [-0.1, -0.05) is 25.0 Å². The Labute approximate surface area is 173 Å². The number of fused-ring (bicyclic) bond motifs is 2. The molecule has 5 aliphatic rings. The molecule has 6 rings (SSSR count). The van der Waals surface area contributed by atoms with E-state index in [2.05, 4.69) is 17.1 Å². The highest BCUT2D eigenvalue weighted by Gasteiger charge is 2.38. The minimum Gasteiger partial charge on any atom is -0.494 e. The predicted molar refractivity (Wildman–Crippen MR) is 112 cm³/mol. The largest absolute Gasteiger partial charge is 0.494 e. The quantitative estimate of drug-likeness (QED) is 0.554. The Morgan fingerprint density at radius 2 is 1.55 bits per heavy atom. The molecular formula is C24H34N2O3. The second kappa shape index (κ2) is 7.73. The zero-order chi connectivity index (χ0) is 20.0. The number of carbonyl (C=O) groups excluding carboxylic acids is 1. The number of piperidine rings is 1. The van der Waals surface area contributed by atoms with Gasteiger partial charge in [0.15, 0.2) is 11.8 Å². The average Bonchev–Trinajstić information content (AvgIpc) is 3.04. The highest BCUT2D eigenvalue weighted by molar-refractivity contribution is 5.76. The molecular weight excluding hydrogens is 364 g/mol. The maximum absolute atomic E-state index is 12.9. The van der Waals surface area contributed by atoms with Crippen LogP contribution in [0.3, 0.4) is 0 Å². The number of nitrogens with zero attached hydrogens (tertiary/aromatic N) is 2. The van der Waals surface area contributed by atoms with E-state index in [1.807, 2.05) is 0 Å². The van der Waals surface area contributed by atoms with E-state index >= 15 is 0 Å². The molecule has 0 spiro atoms. The standard InChI is InChI=1S/C24H34N2O3/c27-20(25-15-5-7-16-6-1-2-8-19(16)25)9-3-4-14-26-23(28)21-17-10-11-18(13-12-17)22(21)24(26)29/h10-11,16-19,28-29H,1-9,12-15H2. The molecule has 1 saturated heterocycles. The van der Waals surface area contributed by atoms with Gasteiger partial charge in [0.1, 0.15) is 0 Å². The molecule has 0 radical (unpaired) electrons. The maximum atomic E-state index is 12.9. The predicted octanol–water partition coefficient (Wildman–Crippen LogP) is 4.78. The van der Waals surface area contributed by atoms with E-state index in [1.54, 1.807) is 4.57 Å². The van der Waals surface area contributed by atoms with E-state index in [4.69, 9.17) is 0 Å². The molecule has 1 saturated carbocycles. The van der Waals surface area contributed by atoms with Crippen LogP contribution in [0, 0.1) is 5.92 Å². The number of rotatable bonds is 5. The van der Waals surface area contributed by atoms with Crippen LogP contribution in [0.1, 0.15) is 93.6 Å². The summed E-state index contributed by atoms with van der Waals surface area (Å²) < 4.78 is 1.67. The molecule has 1 aliphatic heterocycles. The lowest BCUT2D eigenvalue weighted by Gasteiger charge is -2.44. The molecule has 4 aliphatic carbocycles. The zero-order valence-electron chi connectivity index (χ0n) is 17.4. The third-order valence-electron chi connectivity index (χ3n) is 7.98. The molecule has 1 amide bonds. The van der Waals surface area contributed by atoms with Crippen molar-refractivity contribution < 1.29 is 15.0 Å². The number of carbonyl (C=O) groups is 1. The number of aromatic nitrogens is 1. The SMILES string of the molecule is O=C(CCCCn1c(O)c2c(c1O)C1C=CC2CC1)N1CCCC2CCCCC21. The molecule has 1 aromatic heterocycles. The van der Waals surface area contributed by atoms with Crippen molar-refractivity contribution in [3.05, 3.63) is 23.3 Å². The number of amides is 1. The normalized spacial score (nSPS) is 30.3. The molecule has 158 valence electrons. The summed E-state index contributed by atoms with van der Waals surface area (Å²) in [7, 11) is 0. The smallest absolute Gasteiger partial charge is 0.222 e. The Bertz CT molecular complexity index is 772. The van der Waals surface area contributed by atoms with Crippen LogP contribution < -0.4 is 0 Å². The molecule has 2 bridgehead atoms. The van der Waals surface area contributed by atoms with Crippen molar-refractivity contribution in [1.82, 2.24) is 9.47 Å². The summed E-state index contributed by atoms with van der Waals surface area (Å²) in [4.78, 5) is 15.0. The molecule has 4 atom stereocenters. The van der Waals surface area contributed by atoms with Gasteiger partial charge in [0.2, 0.25) is 5.91 Å². The van der Waals surface area contributed by atoms with Crippen LogP contribution in [0.5, 0.6) is 11.8 Å². The van der Waals surface area contributed by atoms with Crippen LogP contribution in [-0.2, 0) is 11.3 Å². The summed E-state index contributed by atoms with van der Waals surface area (Å²) in [6.45, 7) is 1.51. The van der Waals surface area contributed by atoms with Crippen LogP contribution in [0.2, 0.25) is 0 Å². The van der Waals surface area contributed by atoms with Crippen molar-refractivity contribution in [2.24, 2.45) is 5.92 Å². The number of aromatic hydroxyl groups is 2. The number of likely N-dealkylation sites (tertiary alicyclic amines) is 1. The average molecular weight is 399 g/mol. The number of unbranched alkanes of at least 4 members (excludes halogenated alkanes) is 1. The summed E-state index contributed by atoms with van der Waals surface area (Å²) in [6, 6.07) is 0.484. The lowest BCUT2D eigenvalue weighted by molar-refractivity contribution is -0.137. The molecule has 1 aromatic rings. The van der Waals surface area contributed by atoms with Gasteiger partial charge >= 0.3 is 0 Å². The van der Waals surface area contributed by atoms with Crippen molar-refractivity contribution in [2.75, 3.05) is 6.54 Å². The molecule has 5 heteroatoms. The Balaban J connectivity index is 1.18. The van der Waals surface area contributed by atoms with E-state index in [0.29, 0.717) is 24.9 Å². The van der Waals surface area contributed by atoms with Gasteiger partial charge in [-0.2, -0.15) is 0 Å². The second-order valence-corrected chi connectivity index (χ2v) is 9.60. The summed E-state index contributed by atoms with van der Waals surface area (Å²) in [5.74, 6) is 2.00. The van der Waals surface area contributed by atoms with Gasteiger partial charge in [-0.25, -0.2) is 0 Å². The summed E-state index contributed by atoms with van der Waals surface area (Å²) in [5, 5.41) is 21.4. The Morgan fingerprint density at radius 3 is 2.24 bits per heavy atom. The number of allylic oxidation sites excluding steroid dienone is 2. The highest BCUT2D eigenvalue weighted by atomic mass is 16.3. The highest BCUT2D eigenvalue weighted by Crippen LogP contribution is 2.53. The summed E-state index contributed by atoms with van der Waals surface area (Å²) in [6.07, 6.45) is 16.2. The maximum Gasteiger partial charge on any atom is 0.222 e. The first-order valence-corrected chi connectivity index (χ1v) is 11.8. The van der Waals surface area contributed by atoms with Crippen molar-refractivity contribution in [1.29, 1.82) is 0 Å². The monoisotopic (exact) mass is 398 g/mol. The van der Waals surface area contributed by atoms with Crippen molar-refractivity contribution >= 4 is 5.91 Å². The van der Waals surface area contributed by atoms with Crippen LogP contribution in [0.4, 0.5) is 0 Å². The van der Waals surface area contributed by atoms with Gasteiger partial charge in [0, 0.05) is 48.5 Å². The summed E-state index contributed by atoms with van der Waals surface area (Å²) >= 11 is 0. The molecule has 0 aromatic carbocycles. The lowest BCUT2D eigenvalue weighted by atomic mass is 9.73. The van der Waals surface area contributed by atoms with E-state index in [-0.39, 0.29) is 23.6 Å². The number of hydrogen-bond donors (Lipinski definition) is 2. The zero-order valence-corrected chi connectivity index (χ0v) is 17.4. The lowest BCUT2D eigenvalue weighted by Crippen LogP contribution is -2.49. The third kappa shape index (κ3) is 3.27. The first kappa shape index (κ1) is 19.1. The van der Waals surface area contributed by atoms with Gasteiger partial charge in [-0.05, 0) is 57.3 Å².